The fourth-order valence-corrected chi connectivity index (χ4v) is 2.59. The van der Waals surface area contributed by atoms with Crippen LogP contribution in [0.4, 0.5) is 10.5 Å². The number of nitrogens with zero attached hydrogens (tertiary/aromatic N) is 2. The molecule has 0 fully saturated rings. The van der Waals surface area contributed by atoms with Crippen molar-refractivity contribution in [1.82, 2.24) is 4.90 Å². The van der Waals surface area contributed by atoms with Crippen molar-refractivity contribution in [3.8, 4) is 0 Å². The summed E-state index contributed by atoms with van der Waals surface area (Å²) in [5.74, 6) is 0.499. The molecule has 0 unspecified atom stereocenters. The Hall–Kier alpha value is -1.93. The molecule has 2 aliphatic heterocycles. The van der Waals surface area contributed by atoms with Crippen molar-refractivity contribution >= 4 is 27.6 Å². The highest BCUT2D eigenvalue weighted by molar-refractivity contribution is 7.89. The number of benzene rings is 1. The minimum Gasteiger partial charge on any atom is -0.307 e. The number of nitrogens with two attached hydrogens (primary N) is 1. The molecule has 0 saturated carbocycles. The van der Waals surface area contributed by atoms with Crippen LogP contribution in [0.3, 0.4) is 0 Å². The van der Waals surface area contributed by atoms with Gasteiger partial charge in [-0.15, -0.1) is 0 Å². The Balaban J connectivity index is 2.20. The molecule has 1 aromatic carbocycles. The fraction of sp³-hybridized carbons (Fsp3) is 0.200. The summed E-state index contributed by atoms with van der Waals surface area (Å²) in [7, 11) is -3.76. The molecule has 7 nitrogen and oxygen atoms in total. The van der Waals surface area contributed by atoms with Crippen LogP contribution in [-0.2, 0) is 10.0 Å². The molecule has 3 N–H and O–H groups in total. The van der Waals surface area contributed by atoms with Crippen LogP contribution in [0.2, 0.25) is 0 Å². The first kappa shape index (κ1) is 11.2. The third kappa shape index (κ3) is 1.57. The molecule has 0 atom stereocenters. The molecule has 8 heteroatoms. The van der Waals surface area contributed by atoms with E-state index in [0.717, 1.165) is 0 Å². The van der Waals surface area contributed by atoms with E-state index in [2.05, 4.69) is 10.3 Å². The Morgan fingerprint density at radius 1 is 1.39 bits per heavy atom. The fourth-order valence-electron chi connectivity index (χ4n) is 2.05. The van der Waals surface area contributed by atoms with Crippen molar-refractivity contribution in [1.29, 1.82) is 0 Å². The topological polar surface area (TPSA) is 105 Å². The second-order valence-corrected chi connectivity index (χ2v) is 5.60. The van der Waals surface area contributed by atoms with Crippen LogP contribution in [0, 0.1) is 0 Å². The maximum absolute atomic E-state index is 11.7. The molecule has 0 spiro atoms. The Kier molecular flexibility index (Phi) is 2.19. The number of urea groups is 1. The lowest BCUT2D eigenvalue weighted by molar-refractivity contribution is 0.235. The zero-order chi connectivity index (χ0) is 12.9. The van der Waals surface area contributed by atoms with Gasteiger partial charge in [-0.1, -0.05) is 0 Å². The number of rotatable bonds is 1. The van der Waals surface area contributed by atoms with Crippen LogP contribution >= 0.6 is 0 Å². The first-order valence-corrected chi connectivity index (χ1v) is 6.81. The van der Waals surface area contributed by atoms with Gasteiger partial charge in [-0.3, -0.25) is 9.89 Å². The normalized spacial score (nSPS) is 17.9. The van der Waals surface area contributed by atoms with E-state index in [4.69, 9.17) is 5.14 Å². The predicted molar refractivity (Wildman–Crippen MR) is 64.9 cm³/mol. The van der Waals surface area contributed by atoms with Gasteiger partial charge in [0.25, 0.3) is 0 Å². The maximum atomic E-state index is 11.7. The number of anilines is 1. The van der Waals surface area contributed by atoms with Gasteiger partial charge in [-0.2, -0.15) is 0 Å². The van der Waals surface area contributed by atoms with Crippen molar-refractivity contribution in [2.45, 2.75) is 4.90 Å². The van der Waals surface area contributed by atoms with Gasteiger partial charge in [-0.05, 0) is 18.2 Å². The standard InChI is InChI=1S/C10H10N4O3S/c11-18(16,17)6-1-2-8-7(5-6)9-12-3-4-14(9)10(15)13-8/h1-2,5H,3-4H2,(H,13,15)(H2,11,16,17). The van der Waals surface area contributed by atoms with Gasteiger partial charge in [0.15, 0.2) is 0 Å². The highest BCUT2D eigenvalue weighted by Gasteiger charge is 2.32. The number of hydrogen-bond donors (Lipinski definition) is 2. The third-order valence-electron chi connectivity index (χ3n) is 2.89. The largest absolute Gasteiger partial charge is 0.327 e. The molecule has 0 saturated heterocycles. The van der Waals surface area contributed by atoms with Crippen molar-refractivity contribution in [2.24, 2.45) is 10.1 Å². The number of amidine groups is 1. The first-order chi connectivity index (χ1) is 8.47. The number of sulfonamides is 1. The van der Waals surface area contributed by atoms with E-state index >= 15 is 0 Å². The third-order valence-corrected chi connectivity index (χ3v) is 3.80. The number of fused-ring (bicyclic) bond motifs is 3. The molecule has 2 aliphatic rings. The molecule has 0 radical (unpaired) electrons. The van der Waals surface area contributed by atoms with Crippen LogP contribution in [0.5, 0.6) is 0 Å². The van der Waals surface area contributed by atoms with E-state index in [9.17, 15) is 13.2 Å². The molecule has 1 aromatic rings. The number of carbonyl (C=O) groups is 1. The summed E-state index contributed by atoms with van der Waals surface area (Å²) in [5.41, 5.74) is 1.13. The lowest BCUT2D eigenvalue weighted by atomic mass is 10.1. The van der Waals surface area contributed by atoms with E-state index in [1.165, 1.54) is 23.1 Å². The second-order valence-electron chi connectivity index (χ2n) is 4.04. The van der Waals surface area contributed by atoms with Crippen molar-refractivity contribution in [3.63, 3.8) is 0 Å². The molecule has 0 aliphatic carbocycles. The lowest BCUT2D eigenvalue weighted by Gasteiger charge is -2.26. The van der Waals surface area contributed by atoms with E-state index in [1.807, 2.05) is 0 Å². The van der Waals surface area contributed by atoms with Gasteiger partial charge in [-0.25, -0.2) is 18.4 Å². The summed E-state index contributed by atoms with van der Waals surface area (Å²) in [6.07, 6.45) is 0. The Bertz CT molecular complexity index is 680. The van der Waals surface area contributed by atoms with E-state index in [-0.39, 0.29) is 10.9 Å². The van der Waals surface area contributed by atoms with Crippen LogP contribution in [-0.4, -0.2) is 38.3 Å². The summed E-state index contributed by atoms with van der Waals surface area (Å²) in [6.45, 7) is 1.02. The van der Waals surface area contributed by atoms with Gasteiger partial charge < -0.3 is 5.32 Å². The molecule has 2 heterocycles. The predicted octanol–water partition coefficient (Wildman–Crippen LogP) is -0.0583. The van der Waals surface area contributed by atoms with Gasteiger partial charge in [0.2, 0.25) is 10.0 Å². The van der Waals surface area contributed by atoms with E-state index < -0.39 is 10.0 Å². The SMILES string of the molecule is NS(=O)(=O)c1ccc2c(c1)C1=NCCN1C(=O)N2. The van der Waals surface area contributed by atoms with Crippen molar-refractivity contribution < 1.29 is 13.2 Å². The van der Waals surface area contributed by atoms with E-state index in [0.29, 0.717) is 30.2 Å². The number of nitrogens with one attached hydrogen (secondary N) is 1. The highest BCUT2D eigenvalue weighted by Crippen LogP contribution is 2.27. The van der Waals surface area contributed by atoms with Gasteiger partial charge in [0.05, 0.1) is 17.1 Å². The number of hydrogen-bond acceptors (Lipinski definition) is 4. The number of aliphatic imine (C=N–C) groups is 1. The highest BCUT2D eigenvalue weighted by atomic mass is 32.2. The number of amides is 2. The molecule has 2 amide bonds. The van der Waals surface area contributed by atoms with Crippen LogP contribution < -0.4 is 10.5 Å². The lowest BCUT2D eigenvalue weighted by Crippen LogP contribution is -2.42. The molecule has 3 rings (SSSR count). The second kappa shape index (κ2) is 3.53. The van der Waals surface area contributed by atoms with Crippen LogP contribution in [0.25, 0.3) is 0 Å². The van der Waals surface area contributed by atoms with Crippen molar-refractivity contribution in [3.05, 3.63) is 23.8 Å². The summed E-state index contributed by atoms with van der Waals surface area (Å²) < 4.78 is 22.6. The van der Waals surface area contributed by atoms with Crippen LogP contribution in [0.1, 0.15) is 5.56 Å². The molecule has 0 bridgehead atoms. The molecule has 94 valence electrons. The average Bonchev–Trinajstić information content (AvgIpc) is 2.77. The monoisotopic (exact) mass is 266 g/mol. The average molecular weight is 266 g/mol. The Labute approximate surface area is 103 Å². The Morgan fingerprint density at radius 3 is 2.89 bits per heavy atom. The van der Waals surface area contributed by atoms with Crippen molar-refractivity contribution in [2.75, 3.05) is 18.4 Å². The zero-order valence-electron chi connectivity index (χ0n) is 9.25. The zero-order valence-corrected chi connectivity index (χ0v) is 10.1. The number of carbonyl (C=O) groups excluding carboxylic acids is 1. The first-order valence-electron chi connectivity index (χ1n) is 5.27. The molecule has 18 heavy (non-hydrogen) atoms. The van der Waals surface area contributed by atoms with Crippen LogP contribution in [0.15, 0.2) is 28.1 Å². The molecular weight excluding hydrogens is 256 g/mol. The van der Waals surface area contributed by atoms with Gasteiger partial charge in [0.1, 0.15) is 5.84 Å². The smallest absolute Gasteiger partial charge is 0.307 e. The van der Waals surface area contributed by atoms with E-state index in [1.54, 1.807) is 0 Å². The minimum absolute atomic E-state index is 0.00643. The summed E-state index contributed by atoms with van der Waals surface area (Å²) >= 11 is 0. The quantitative estimate of drug-likeness (QED) is 0.744. The maximum Gasteiger partial charge on any atom is 0.327 e. The summed E-state index contributed by atoms with van der Waals surface area (Å²) in [4.78, 5) is 17.4. The van der Waals surface area contributed by atoms with Gasteiger partial charge in [0, 0.05) is 12.1 Å². The summed E-state index contributed by atoms with van der Waals surface area (Å²) in [6, 6.07) is 4.06. The van der Waals surface area contributed by atoms with Gasteiger partial charge >= 0.3 is 6.03 Å². The molecular formula is C10H10N4O3S. The minimum atomic E-state index is -3.76. The summed E-state index contributed by atoms with van der Waals surface area (Å²) in [5, 5.41) is 7.77. The molecule has 0 aromatic heterocycles. The Morgan fingerprint density at radius 2 is 2.17 bits per heavy atom. The number of primary sulfonamides is 1.